The fraction of sp³-hybridized carbons (Fsp3) is 0.509. The van der Waals surface area contributed by atoms with Crippen LogP contribution in [0.4, 0.5) is 34.5 Å². The second-order valence-electron chi connectivity index (χ2n) is 19.2. The molecule has 3 aromatic carbocycles. The van der Waals surface area contributed by atoms with Crippen LogP contribution in [0.3, 0.4) is 0 Å². The lowest BCUT2D eigenvalue weighted by Crippen LogP contribution is -2.54. The Bertz CT molecular complexity index is 2680. The predicted octanol–water partition coefficient (Wildman–Crippen LogP) is 4.94. The van der Waals surface area contributed by atoms with Crippen LogP contribution in [0.15, 0.2) is 66.9 Å². The minimum atomic E-state index is -2.56. The molecule has 4 aromatic rings. The molecule has 0 radical (unpaired) electrons. The second-order valence-corrected chi connectivity index (χ2v) is 22.8. The molecule has 23 heteroatoms. The molecule has 4 aliphatic heterocycles. The molecule has 1 atom stereocenters. The number of benzene rings is 3. The average Bonchev–Trinajstić information content (AvgIpc) is 3.77. The van der Waals surface area contributed by atoms with Crippen LogP contribution in [0, 0.1) is 0 Å². The van der Waals surface area contributed by atoms with Crippen molar-refractivity contribution in [1.82, 2.24) is 30.0 Å². The van der Waals surface area contributed by atoms with Gasteiger partial charge in [0.05, 0.1) is 84.1 Å². The van der Waals surface area contributed by atoms with Gasteiger partial charge in [-0.15, -0.1) is 0 Å². The van der Waals surface area contributed by atoms with Crippen LogP contribution in [0.25, 0.3) is 0 Å². The van der Waals surface area contributed by atoms with E-state index in [0.717, 1.165) is 56.0 Å². The Kier molecular flexibility index (Phi) is 20.3. The largest absolute Gasteiger partial charge is 0.494 e. The lowest BCUT2D eigenvalue weighted by atomic mass is 10.0. The Morgan fingerprint density at radius 2 is 1.45 bits per heavy atom. The monoisotopic (exact) mass is 1090 g/mol. The number of rotatable bonds is 27. The van der Waals surface area contributed by atoms with Gasteiger partial charge in [-0.05, 0) is 69.0 Å². The summed E-state index contributed by atoms with van der Waals surface area (Å²) in [6.07, 6.45) is 4.09. The van der Waals surface area contributed by atoms with Crippen molar-refractivity contribution in [3.8, 4) is 5.75 Å². The van der Waals surface area contributed by atoms with Gasteiger partial charge in [-0.1, -0.05) is 29.8 Å². The number of amides is 4. The van der Waals surface area contributed by atoms with Crippen molar-refractivity contribution in [3.63, 3.8) is 0 Å². The van der Waals surface area contributed by atoms with Crippen LogP contribution in [-0.4, -0.2) is 193 Å². The van der Waals surface area contributed by atoms with Crippen LogP contribution in [-0.2, 0) is 49.2 Å². The first-order valence-electron chi connectivity index (χ1n) is 25.9. The Hall–Kier alpha value is -5.90. The highest BCUT2D eigenvalue weighted by molar-refractivity contribution is 7.70. The first-order valence-corrected chi connectivity index (χ1v) is 28.9. The number of carbonyl (C=O) groups is 4. The molecule has 410 valence electrons. The Morgan fingerprint density at radius 3 is 2.13 bits per heavy atom. The van der Waals surface area contributed by atoms with Gasteiger partial charge in [0.1, 0.15) is 30.6 Å². The molecule has 5 heterocycles. The van der Waals surface area contributed by atoms with Gasteiger partial charge in [-0.25, -0.2) is 4.98 Å². The van der Waals surface area contributed by atoms with E-state index in [0.29, 0.717) is 143 Å². The van der Waals surface area contributed by atoms with Gasteiger partial charge >= 0.3 is 0 Å². The number of nitrogens with zero attached hydrogens (tertiary/aromatic N) is 6. The molecule has 0 aliphatic carbocycles. The van der Waals surface area contributed by atoms with Crippen LogP contribution in [0.1, 0.15) is 41.6 Å². The van der Waals surface area contributed by atoms with E-state index in [1.807, 2.05) is 53.4 Å². The van der Waals surface area contributed by atoms with E-state index in [4.69, 9.17) is 40.0 Å². The van der Waals surface area contributed by atoms with E-state index < -0.39 is 19.1 Å². The van der Waals surface area contributed by atoms with Crippen LogP contribution < -0.4 is 36.2 Å². The van der Waals surface area contributed by atoms with Crippen LogP contribution in [0.2, 0.25) is 5.02 Å². The molecule has 21 nitrogen and oxygen atoms in total. The number of imide groups is 1. The van der Waals surface area contributed by atoms with E-state index >= 15 is 0 Å². The lowest BCUT2D eigenvalue weighted by molar-refractivity contribution is -0.139. The number of aromatic nitrogens is 2. The van der Waals surface area contributed by atoms with Crippen molar-refractivity contribution in [3.05, 3.63) is 83.0 Å². The second kappa shape index (κ2) is 27.4. The summed E-state index contributed by atoms with van der Waals surface area (Å²) in [5, 5.41) is 13.2. The number of piperidine rings is 2. The molecular weight excluding hydrogens is 1020 g/mol. The zero-order valence-corrected chi connectivity index (χ0v) is 45.2. The zero-order valence-electron chi connectivity index (χ0n) is 43.6. The number of halogens is 1. The maximum absolute atomic E-state index is 13.0. The summed E-state index contributed by atoms with van der Waals surface area (Å²) < 4.78 is 46.9. The molecule has 0 bridgehead atoms. The minimum absolute atomic E-state index is 0.00584. The number of carbonyl (C=O) groups excluding carboxylic acids is 4. The number of hydrogen-bond donors (Lipinski definition) is 4. The first-order chi connectivity index (χ1) is 36.9. The average molecular weight is 1090 g/mol. The van der Waals surface area contributed by atoms with Gasteiger partial charge in [0.25, 0.3) is 5.91 Å². The Balaban J connectivity index is 0.623. The molecule has 0 spiro atoms. The molecule has 8 rings (SSSR count). The van der Waals surface area contributed by atoms with Crippen molar-refractivity contribution in [2.75, 3.05) is 153 Å². The fourth-order valence-electron chi connectivity index (χ4n) is 9.76. The minimum Gasteiger partial charge on any atom is -0.494 e. The molecule has 4 N–H and O–H groups in total. The van der Waals surface area contributed by atoms with Crippen molar-refractivity contribution < 1.29 is 52.2 Å². The van der Waals surface area contributed by atoms with Gasteiger partial charge in [0.15, 0.2) is 5.82 Å². The summed E-state index contributed by atoms with van der Waals surface area (Å²) >= 11 is 6.49. The maximum Gasteiger partial charge on any atom is 0.255 e. The van der Waals surface area contributed by atoms with Gasteiger partial charge in [-0.3, -0.25) is 29.4 Å². The van der Waals surface area contributed by atoms with E-state index in [9.17, 15) is 23.7 Å². The maximum atomic E-state index is 13.0. The van der Waals surface area contributed by atoms with Crippen molar-refractivity contribution in [2.45, 2.75) is 44.3 Å². The molecule has 4 amide bonds. The summed E-state index contributed by atoms with van der Waals surface area (Å²) in [6.45, 7) is 12.8. The number of ether oxygens (including phenoxy) is 6. The van der Waals surface area contributed by atoms with Gasteiger partial charge < -0.3 is 63.6 Å². The number of hydrogen-bond acceptors (Lipinski definition) is 18. The standard InChI is InChI=1S/C53H70ClN10O11P/c1-70-46-33-38(11-12-43(46)58-53-56-34-41(54)50(60-53)57-44-8-4-5-10-47(44)76(2,3)69)61-18-15-37(16-19-61)62-20-22-63(23-21-62)49(66)36-75-32-31-74-30-29-73-28-27-72-26-25-71-24-17-55-42-9-6-7-39-40(42)35-64(52(39)68)45-13-14-48(65)59-51(45)67/h4-12,33-34,37,45,55H,13-32,35-36H2,1-3H3,(H,59,65,67)(H2,56,57,58,60). The summed E-state index contributed by atoms with van der Waals surface area (Å²) in [7, 11) is -0.924. The third-order valence-corrected chi connectivity index (χ3v) is 15.6. The number of fused-ring (bicyclic) bond motifs is 1. The van der Waals surface area contributed by atoms with E-state index in [2.05, 4.69) is 47.1 Å². The summed E-state index contributed by atoms with van der Waals surface area (Å²) in [4.78, 5) is 67.3. The Labute approximate surface area is 448 Å². The molecule has 1 unspecified atom stereocenters. The highest BCUT2D eigenvalue weighted by Gasteiger charge is 2.40. The smallest absolute Gasteiger partial charge is 0.255 e. The predicted molar refractivity (Wildman–Crippen MR) is 291 cm³/mol. The topological polar surface area (TPSA) is 228 Å². The van der Waals surface area contributed by atoms with Crippen molar-refractivity contribution in [2.24, 2.45) is 0 Å². The summed E-state index contributed by atoms with van der Waals surface area (Å²) in [6, 6.07) is 18.7. The number of anilines is 6. The van der Waals surface area contributed by atoms with E-state index in [1.165, 1.54) is 11.1 Å². The third-order valence-electron chi connectivity index (χ3n) is 13.8. The van der Waals surface area contributed by atoms with Gasteiger partial charge in [-0.2, -0.15) is 4.98 Å². The number of para-hydroxylation sites is 1. The van der Waals surface area contributed by atoms with Gasteiger partial charge in [0, 0.05) is 98.7 Å². The zero-order chi connectivity index (χ0) is 53.4. The molecule has 3 fully saturated rings. The SMILES string of the molecule is COc1cc(N2CCC(N3CCN(C(=O)COCCOCCOCCOCCOCCNc4cccc5c4CN(C4CCC(=O)NC4=O)C5=O)CC3)CC2)ccc1Nc1ncc(Cl)c(Nc2ccccc2P(C)(C)=O)n1. The third kappa shape index (κ3) is 15.2. The molecule has 0 saturated carbocycles. The van der Waals surface area contributed by atoms with Gasteiger partial charge in [0.2, 0.25) is 23.7 Å². The fourth-order valence-corrected chi connectivity index (χ4v) is 11.1. The van der Waals surface area contributed by atoms with E-state index in [-0.39, 0.29) is 30.7 Å². The molecule has 3 saturated heterocycles. The van der Waals surface area contributed by atoms with E-state index in [1.54, 1.807) is 26.5 Å². The number of piperazine rings is 1. The highest BCUT2D eigenvalue weighted by atomic mass is 35.5. The van der Waals surface area contributed by atoms with Crippen LogP contribution in [0.5, 0.6) is 5.75 Å². The summed E-state index contributed by atoms with van der Waals surface area (Å²) in [5.41, 5.74) is 4.66. The number of nitrogens with one attached hydrogen (secondary N) is 4. The number of methoxy groups -OCH3 is 1. The molecule has 4 aliphatic rings. The van der Waals surface area contributed by atoms with Crippen molar-refractivity contribution >= 4 is 82.2 Å². The molecule has 76 heavy (non-hydrogen) atoms. The molecular formula is C53H70ClN10O11P. The lowest BCUT2D eigenvalue weighted by Gasteiger charge is -2.43. The Morgan fingerprint density at radius 1 is 0.776 bits per heavy atom. The van der Waals surface area contributed by atoms with Crippen molar-refractivity contribution in [1.29, 1.82) is 0 Å². The van der Waals surface area contributed by atoms with Crippen LogP contribution >= 0.6 is 18.7 Å². The summed E-state index contributed by atoms with van der Waals surface area (Å²) in [5.74, 6) is 0.420. The quantitative estimate of drug-likeness (QED) is 0.0352. The normalized spacial score (nSPS) is 17.4. The highest BCUT2D eigenvalue weighted by Crippen LogP contribution is 2.39. The first kappa shape index (κ1) is 56.3. The molecule has 1 aromatic heterocycles.